The molecule has 1 fully saturated rings. The zero-order valence-electron chi connectivity index (χ0n) is 16.4. The summed E-state index contributed by atoms with van der Waals surface area (Å²) in [6.07, 6.45) is -0.316. The molecule has 146 valence electrons. The third kappa shape index (κ3) is 5.79. The second-order valence-electron chi connectivity index (χ2n) is 6.57. The van der Waals surface area contributed by atoms with Crippen molar-refractivity contribution in [1.29, 1.82) is 0 Å². The fourth-order valence-electron chi connectivity index (χ4n) is 2.49. The SMILES string of the molecule is CC.COc1cc(N2CCN(C(=O)OC(C)(C)C)CC2)ccc1[N+](=O)[O-]. The number of methoxy groups -OCH3 is 1. The molecule has 0 spiro atoms. The number of amides is 1. The minimum atomic E-state index is -0.514. The van der Waals surface area contributed by atoms with E-state index in [1.165, 1.54) is 13.2 Å². The third-order valence-corrected chi connectivity index (χ3v) is 3.66. The molecule has 8 heteroatoms. The van der Waals surface area contributed by atoms with Gasteiger partial charge >= 0.3 is 11.8 Å². The number of nitrogens with zero attached hydrogens (tertiary/aromatic N) is 3. The molecule has 2 rings (SSSR count). The number of ether oxygens (including phenoxy) is 2. The molecule has 1 heterocycles. The van der Waals surface area contributed by atoms with E-state index in [2.05, 4.69) is 4.90 Å². The summed E-state index contributed by atoms with van der Waals surface area (Å²) in [4.78, 5) is 26.3. The van der Waals surface area contributed by atoms with E-state index >= 15 is 0 Å². The van der Waals surface area contributed by atoms with Crippen LogP contribution in [0.2, 0.25) is 0 Å². The zero-order chi connectivity index (χ0) is 19.9. The van der Waals surface area contributed by atoms with Gasteiger partial charge in [-0.05, 0) is 26.8 Å². The highest BCUT2D eigenvalue weighted by atomic mass is 16.6. The first-order valence-electron chi connectivity index (χ1n) is 8.76. The van der Waals surface area contributed by atoms with Gasteiger partial charge in [0.15, 0.2) is 5.75 Å². The molecule has 0 aliphatic carbocycles. The van der Waals surface area contributed by atoms with Gasteiger partial charge in [-0.15, -0.1) is 0 Å². The van der Waals surface area contributed by atoms with Crippen LogP contribution in [-0.2, 0) is 4.74 Å². The molecule has 1 saturated heterocycles. The molecule has 0 bridgehead atoms. The molecule has 0 saturated carbocycles. The molecule has 1 aliphatic heterocycles. The highest BCUT2D eigenvalue weighted by molar-refractivity contribution is 5.69. The lowest BCUT2D eigenvalue weighted by Crippen LogP contribution is -2.50. The Bertz CT molecular complexity index is 620. The summed E-state index contributed by atoms with van der Waals surface area (Å²) in [5.74, 6) is 0.229. The summed E-state index contributed by atoms with van der Waals surface area (Å²) in [6, 6.07) is 4.79. The number of hydrogen-bond donors (Lipinski definition) is 0. The van der Waals surface area contributed by atoms with Crippen LogP contribution in [0, 0.1) is 10.1 Å². The minimum Gasteiger partial charge on any atom is -0.490 e. The molecule has 8 nitrogen and oxygen atoms in total. The first-order chi connectivity index (χ1) is 12.2. The molecule has 26 heavy (non-hydrogen) atoms. The first kappa shape index (κ1) is 21.5. The van der Waals surface area contributed by atoms with E-state index in [1.54, 1.807) is 17.0 Å². The van der Waals surface area contributed by atoms with Crippen molar-refractivity contribution in [2.24, 2.45) is 0 Å². The predicted molar refractivity (Wildman–Crippen MR) is 101 cm³/mol. The second-order valence-corrected chi connectivity index (χ2v) is 6.57. The second kappa shape index (κ2) is 9.26. The van der Waals surface area contributed by atoms with Crippen molar-refractivity contribution in [3.8, 4) is 5.75 Å². The summed E-state index contributed by atoms with van der Waals surface area (Å²) < 4.78 is 10.5. The predicted octanol–water partition coefficient (Wildman–Crippen LogP) is 3.69. The third-order valence-electron chi connectivity index (χ3n) is 3.66. The Kier molecular flexibility index (Phi) is 7.67. The number of piperazine rings is 1. The lowest BCUT2D eigenvalue weighted by atomic mass is 10.2. The molecular weight excluding hydrogens is 338 g/mol. The molecule has 1 aliphatic rings. The van der Waals surface area contributed by atoms with Gasteiger partial charge in [0.2, 0.25) is 0 Å². The van der Waals surface area contributed by atoms with Crippen LogP contribution in [0.4, 0.5) is 16.2 Å². The van der Waals surface area contributed by atoms with Gasteiger partial charge in [0.1, 0.15) is 5.60 Å². The lowest BCUT2D eigenvalue weighted by Gasteiger charge is -2.36. The monoisotopic (exact) mass is 367 g/mol. The van der Waals surface area contributed by atoms with E-state index in [0.29, 0.717) is 26.2 Å². The largest absolute Gasteiger partial charge is 0.490 e. The van der Waals surface area contributed by atoms with Crippen molar-refractivity contribution in [3.05, 3.63) is 28.3 Å². The fraction of sp³-hybridized carbons (Fsp3) is 0.611. The van der Waals surface area contributed by atoms with Gasteiger partial charge in [-0.3, -0.25) is 10.1 Å². The fourth-order valence-corrected chi connectivity index (χ4v) is 2.49. The number of hydrogen-bond acceptors (Lipinski definition) is 6. The number of carbonyl (C=O) groups is 1. The Morgan fingerprint density at radius 1 is 1.15 bits per heavy atom. The maximum Gasteiger partial charge on any atom is 0.410 e. The Hall–Kier alpha value is -2.51. The van der Waals surface area contributed by atoms with Crippen LogP contribution in [0.3, 0.4) is 0 Å². The van der Waals surface area contributed by atoms with E-state index in [0.717, 1.165) is 5.69 Å². The number of nitro groups is 1. The number of anilines is 1. The quantitative estimate of drug-likeness (QED) is 0.598. The summed E-state index contributed by atoms with van der Waals surface area (Å²) in [5, 5.41) is 11.0. The van der Waals surface area contributed by atoms with E-state index in [1.807, 2.05) is 34.6 Å². The molecule has 1 aromatic rings. The van der Waals surface area contributed by atoms with Gasteiger partial charge in [0.05, 0.1) is 12.0 Å². The summed E-state index contributed by atoms with van der Waals surface area (Å²) in [7, 11) is 1.41. The molecule has 0 aromatic heterocycles. The lowest BCUT2D eigenvalue weighted by molar-refractivity contribution is -0.385. The van der Waals surface area contributed by atoms with Crippen LogP contribution >= 0.6 is 0 Å². The van der Waals surface area contributed by atoms with Gasteiger partial charge in [0.25, 0.3) is 0 Å². The molecule has 0 atom stereocenters. The van der Waals surface area contributed by atoms with Crippen LogP contribution in [-0.4, -0.2) is 54.8 Å². The van der Waals surface area contributed by atoms with Crippen molar-refractivity contribution in [1.82, 2.24) is 4.90 Å². The average Bonchev–Trinajstić information content (AvgIpc) is 2.61. The van der Waals surface area contributed by atoms with Crippen molar-refractivity contribution in [2.75, 3.05) is 38.2 Å². The Morgan fingerprint density at radius 2 is 1.73 bits per heavy atom. The average molecular weight is 367 g/mol. The maximum atomic E-state index is 12.1. The number of carbonyl (C=O) groups excluding carboxylic acids is 1. The standard InChI is InChI=1S/C16H23N3O5.C2H6/c1-16(2,3)24-15(20)18-9-7-17(8-10-18)12-5-6-13(19(21)22)14(11-12)23-4;1-2/h5-6,11H,7-10H2,1-4H3;1-2H3. The van der Waals surface area contributed by atoms with E-state index < -0.39 is 10.5 Å². The van der Waals surface area contributed by atoms with Gasteiger partial charge in [-0.1, -0.05) is 13.8 Å². The van der Waals surface area contributed by atoms with E-state index in [9.17, 15) is 14.9 Å². The maximum absolute atomic E-state index is 12.1. The van der Waals surface area contributed by atoms with Gasteiger partial charge in [-0.25, -0.2) is 4.79 Å². The summed E-state index contributed by atoms with van der Waals surface area (Å²) in [6.45, 7) is 11.8. The Labute approximate surface area is 154 Å². The Balaban J connectivity index is 0.00000163. The first-order valence-corrected chi connectivity index (χ1v) is 8.76. The van der Waals surface area contributed by atoms with Crippen LogP contribution in [0.5, 0.6) is 5.75 Å². The van der Waals surface area contributed by atoms with Gasteiger partial charge in [-0.2, -0.15) is 0 Å². The zero-order valence-corrected chi connectivity index (χ0v) is 16.4. The van der Waals surface area contributed by atoms with Gasteiger partial charge < -0.3 is 19.3 Å². The van der Waals surface area contributed by atoms with Crippen molar-refractivity contribution < 1.29 is 19.2 Å². The highest BCUT2D eigenvalue weighted by Gasteiger charge is 2.26. The molecular formula is C18H29N3O5. The highest BCUT2D eigenvalue weighted by Crippen LogP contribution is 2.31. The molecule has 1 amide bonds. The Morgan fingerprint density at radius 3 is 2.19 bits per heavy atom. The van der Waals surface area contributed by atoms with Crippen LogP contribution in [0.25, 0.3) is 0 Å². The van der Waals surface area contributed by atoms with Crippen molar-refractivity contribution >= 4 is 17.5 Å². The molecule has 0 unspecified atom stereocenters. The topological polar surface area (TPSA) is 85.2 Å². The van der Waals surface area contributed by atoms with Crippen LogP contribution in [0.15, 0.2) is 18.2 Å². The minimum absolute atomic E-state index is 0.0614. The number of benzene rings is 1. The molecule has 1 aromatic carbocycles. The number of nitro benzene ring substituents is 1. The molecule has 0 N–H and O–H groups in total. The summed E-state index contributed by atoms with van der Waals surface area (Å²) in [5.41, 5.74) is 0.259. The smallest absolute Gasteiger partial charge is 0.410 e. The number of rotatable bonds is 3. The van der Waals surface area contributed by atoms with Crippen molar-refractivity contribution in [3.63, 3.8) is 0 Å². The van der Waals surface area contributed by atoms with Crippen molar-refractivity contribution in [2.45, 2.75) is 40.2 Å². The van der Waals surface area contributed by atoms with E-state index in [-0.39, 0.29) is 17.5 Å². The van der Waals surface area contributed by atoms with Crippen LogP contribution < -0.4 is 9.64 Å². The normalized spacial score (nSPS) is 14.2. The van der Waals surface area contributed by atoms with Crippen LogP contribution in [0.1, 0.15) is 34.6 Å². The molecule has 0 radical (unpaired) electrons. The van der Waals surface area contributed by atoms with Gasteiger partial charge in [0, 0.05) is 44.0 Å². The van der Waals surface area contributed by atoms with E-state index in [4.69, 9.17) is 9.47 Å². The summed E-state index contributed by atoms with van der Waals surface area (Å²) >= 11 is 0.